The van der Waals surface area contributed by atoms with E-state index in [-0.39, 0.29) is 24.8 Å². The Morgan fingerprint density at radius 2 is 1.95 bits per heavy atom. The lowest BCUT2D eigenvalue weighted by atomic mass is 9.95. The molecule has 0 amide bonds. The Hall–Kier alpha value is -0.580. The maximum atomic E-state index is 4.54. The van der Waals surface area contributed by atoms with Gasteiger partial charge in [-0.3, -0.25) is 4.99 Å². The molecule has 1 fully saturated rings. The van der Waals surface area contributed by atoms with Gasteiger partial charge in [-0.05, 0) is 42.8 Å². The summed E-state index contributed by atoms with van der Waals surface area (Å²) in [5.41, 5.74) is 2.62. The summed E-state index contributed by atoms with van der Waals surface area (Å²) in [6.45, 7) is 1.99. The highest BCUT2D eigenvalue weighted by Crippen LogP contribution is 2.43. The number of anilines is 2. The molecule has 116 valence electrons. The van der Waals surface area contributed by atoms with Crippen LogP contribution in [0.5, 0.6) is 0 Å². The molecule has 0 spiro atoms. The van der Waals surface area contributed by atoms with Crippen molar-refractivity contribution < 1.29 is 0 Å². The molecule has 2 aliphatic heterocycles. The van der Waals surface area contributed by atoms with Crippen molar-refractivity contribution in [2.24, 2.45) is 4.99 Å². The molecule has 0 unspecified atom stereocenters. The van der Waals surface area contributed by atoms with Gasteiger partial charge in [-0.2, -0.15) is 0 Å². The van der Waals surface area contributed by atoms with Crippen molar-refractivity contribution in [3.05, 3.63) is 18.2 Å². The van der Waals surface area contributed by atoms with Crippen molar-refractivity contribution in [1.29, 1.82) is 0 Å². The number of benzene rings is 1. The van der Waals surface area contributed by atoms with E-state index in [1.807, 2.05) is 11.8 Å². The quantitative estimate of drug-likeness (QED) is 0.851. The number of thioether (sulfide) groups is 1. The standard InChI is InChI=1S/C15H19N3S.2ClH/c1-2-4-11(5-3-1)17-12-6-7-13-14(10-12)19-15-16-8-9-18(13)15;;/h6-7,10-11,17H,1-5,8-9H2;2*1H. The molecule has 4 rings (SSSR count). The van der Waals surface area contributed by atoms with Crippen molar-refractivity contribution in [2.75, 3.05) is 23.3 Å². The lowest BCUT2D eigenvalue weighted by Crippen LogP contribution is -2.22. The van der Waals surface area contributed by atoms with E-state index in [1.165, 1.54) is 53.5 Å². The summed E-state index contributed by atoms with van der Waals surface area (Å²) in [6, 6.07) is 7.46. The Labute approximate surface area is 142 Å². The predicted octanol–water partition coefficient (Wildman–Crippen LogP) is 4.56. The summed E-state index contributed by atoms with van der Waals surface area (Å²) in [7, 11) is 0. The minimum atomic E-state index is 0. The van der Waals surface area contributed by atoms with E-state index >= 15 is 0 Å². The SMILES string of the molecule is Cl.Cl.c1cc2c(cc1NC1CCCCC1)SC1=NCCN12. The van der Waals surface area contributed by atoms with Gasteiger partial charge in [-0.1, -0.05) is 19.3 Å². The zero-order chi connectivity index (χ0) is 12.7. The minimum Gasteiger partial charge on any atom is -0.382 e. The topological polar surface area (TPSA) is 27.6 Å². The number of nitrogens with one attached hydrogen (secondary N) is 1. The Kier molecular flexibility index (Phi) is 5.69. The summed E-state index contributed by atoms with van der Waals surface area (Å²) < 4.78 is 0. The monoisotopic (exact) mass is 345 g/mol. The minimum absolute atomic E-state index is 0. The van der Waals surface area contributed by atoms with E-state index in [4.69, 9.17) is 0 Å². The molecule has 0 aromatic heterocycles. The van der Waals surface area contributed by atoms with Crippen molar-refractivity contribution >= 4 is 53.1 Å². The van der Waals surface area contributed by atoms with Crippen molar-refractivity contribution in [1.82, 2.24) is 0 Å². The first-order valence-electron chi connectivity index (χ1n) is 7.30. The molecule has 2 heterocycles. The molecule has 6 heteroatoms. The highest BCUT2D eigenvalue weighted by Gasteiger charge is 2.29. The fourth-order valence-electron chi connectivity index (χ4n) is 3.23. The zero-order valence-electron chi connectivity index (χ0n) is 11.9. The number of fused-ring (bicyclic) bond motifs is 3. The molecule has 1 saturated carbocycles. The van der Waals surface area contributed by atoms with E-state index < -0.39 is 0 Å². The van der Waals surface area contributed by atoms with Crippen LogP contribution >= 0.6 is 36.6 Å². The molecule has 1 aliphatic carbocycles. The fraction of sp³-hybridized carbons (Fsp3) is 0.533. The van der Waals surface area contributed by atoms with Gasteiger partial charge >= 0.3 is 0 Å². The van der Waals surface area contributed by atoms with Crippen LogP contribution in [0.3, 0.4) is 0 Å². The zero-order valence-corrected chi connectivity index (χ0v) is 14.3. The van der Waals surface area contributed by atoms with E-state index in [1.54, 1.807) is 0 Å². The number of halogens is 2. The second-order valence-electron chi connectivity index (χ2n) is 5.58. The van der Waals surface area contributed by atoms with Crippen LogP contribution in [0, 0.1) is 0 Å². The highest BCUT2D eigenvalue weighted by molar-refractivity contribution is 8.14. The van der Waals surface area contributed by atoms with Gasteiger partial charge in [-0.15, -0.1) is 24.8 Å². The smallest absolute Gasteiger partial charge is 0.168 e. The van der Waals surface area contributed by atoms with Crippen LogP contribution in [-0.2, 0) is 0 Å². The average molecular weight is 346 g/mol. The van der Waals surface area contributed by atoms with Crippen molar-refractivity contribution in [3.63, 3.8) is 0 Å². The van der Waals surface area contributed by atoms with Gasteiger partial charge in [-0.25, -0.2) is 0 Å². The van der Waals surface area contributed by atoms with E-state index in [0.29, 0.717) is 6.04 Å². The van der Waals surface area contributed by atoms with Crippen LogP contribution in [0.2, 0.25) is 0 Å². The maximum absolute atomic E-state index is 4.54. The summed E-state index contributed by atoms with van der Waals surface area (Å²) >= 11 is 1.82. The van der Waals surface area contributed by atoms with Gasteiger partial charge in [0, 0.05) is 23.2 Å². The summed E-state index contributed by atoms with van der Waals surface area (Å²) in [6.07, 6.45) is 6.81. The fourth-order valence-corrected chi connectivity index (χ4v) is 4.35. The van der Waals surface area contributed by atoms with Gasteiger partial charge in [0.2, 0.25) is 0 Å². The van der Waals surface area contributed by atoms with Crippen LogP contribution in [0.1, 0.15) is 32.1 Å². The highest BCUT2D eigenvalue weighted by atomic mass is 35.5. The molecular weight excluding hydrogens is 325 g/mol. The van der Waals surface area contributed by atoms with Gasteiger partial charge in [0.05, 0.1) is 12.2 Å². The normalized spacial score (nSPS) is 20.0. The third-order valence-corrected chi connectivity index (χ3v) is 5.31. The van der Waals surface area contributed by atoms with Crippen LogP contribution < -0.4 is 10.2 Å². The third kappa shape index (κ3) is 3.27. The first kappa shape index (κ1) is 16.8. The van der Waals surface area contributed by atoms with Gasteiger partial charge in [0.25, 0.3) is 0 Å². The van der Waals surface area contributed by atoms with Gasteiger partial charge in [0.15, 0.2) is 5.17 Å². The van der Waals surface area contributed by atoms with E-state index in [9.17, 15) is 0 Å². The molecule has 1 aromatic carbocycles. The first-order valence-corrected chi connectivity index (χ1v) is 8.12. The molecular formula is C15H21Cl2N3S. The van der Waals surface area contributed by atoms with Crippen LogP contribution in [-0.4, -0.2) is 24.3 Å². The number of nitrogens with zero attached hydrogens (tertiary/aromatic N) is 2. The van der Waals surface area contributed by atoms with Crippen LogP contribution in [0.4, 0.5) is 11.4 Å². The first-order chi connectivity index (χ1) is 9.40. The molecule has 0 bridgehead atoms. The summed E-state index contributed by atoms with van der Waals surface area (Å²) in [5.74, 6) is 0. The molecule has 1 aromatic rings. The number of hydrogen-bond donors (Lipinski definition) is 1. The number of rotatable bonds is 2. The molecule has 1 N–H and O–H groups in total. The molecule has 0 radical (unpaired) electrons. The largest absolute Gasteiger partial charge is 0.382 e. The summed E-state index contributed by atoms with van der Waals surface area (Å²) in [5, 5.41) is 4.89. The van der Waals surface area contributed by atoms with E-state index in [0.717, 1.165) is 13.1 Å². The van der Waals surface area contributed by atoms with Gasteiger partial charge < -0.3 is 10.2 Å². The Balaban J connectivity index is 0.000000807. The van der Waals surface area contributed by atoms with Gasteiger partial charge in [0.1, 0.15) is 0 Å². The molecule has 3 aliphatic rings. The van der Waals surface area contributed by atoms with Crippen molar-refractivity contribution in [3.8, 4) is 0 Å². The second kappa shape index (κ2) is 7.12. The van der Waals surface area contributed by atoms with Crippen molar-refractivity contribution in [2.45, 2.75) is 43.0 Å². The number of hydrogen-bond acceptors (Lipinski definition) is 4. The van der Waals surface area contributed by atoms with Crippen LogP contribution in [0.25, 0.3) is 0 Å². The predicted molar refractivity (Wildman–Crippen MR) is 96.9 cm³/mol. The summed E-state index contributed by atoms with van der Waals surface area (Å²) in [4.78, 5) is 8.24. The second-order valence-corrected chi connectivity index (χ2v) is 6.59. The van der Waals surface area contributed by atoms with E-state index in [2.05, 4.69) is 33.4 Å². The Morgan fingerprint density at radius 3 is 2.76 bits per heavy atom. The molecule has 0 saturated heterocycles. The Bertz CT molecular complexity index is 530. The Morgan fingerprint density at radius 1 is 1.14 bits per heavy atom. The molecule has 0 atom stereocenters. The molecule has 3 nitrogen and oxygen atoms in total. The number of aliphatic imine (C=N–C) groups is 1. The lowest BCUT2D eigenvalue weighted by Gasteiger charge is -2.24. The molecule has 21 heavy (non-hydrogen) atoms. The number of amidine groups is 1. The third-order valence-electron chi connectivity index (χ3n) is 4.23. The van der Waals surface area contributed by atoms with Crippen LogP contribution in [0.15, 0.2) is 28.1 Å². The maximum Gasteiger partial charge on any atom is 0.168 e. The average Bonchev–Trinajstić information content (AvgIpc) is 3.00. The lowest BCUT2D eigenvalue weighted by molar-refractivity contribution is 0.462.